The zero-order chi connectivity index (χ0) is 32.9. The molecule has 1 aliphatic heterocycles. The van der Waals surface area contributed by atoms with E-state index in [9.17, 15) is 53.5 Å². The molecule has 1 heterocycles. The van der Waals surface area contributed by atoms with Gasteiger partial charge in [-0.1, -0.05) is 0 Å². The highest BCUT2D eigenvalue weighted by atomic mass is 19.4. The standard InChI is InChI=1S/C28H26F10N2O4/c1-13(2)44-25(42)40-21(15-4-5-15)11-22(18-9-19(28(36,37)38)20(29)10-23(18)40)39(24(41)43-3)12-14-6-16(26(30,31)32)8-17(7-14)27(33,34)35/h6-10,13,15,21-22H,4-5,11-12H2,1-3H3/t21-,22-/m0/s1. The molecule has 242 valence electrons. The number of benzene rings is 2. The molecule has 6 nitrogen and oxygen atoms in total. The van der Waals surface area contributed by atoms with Gasteiger partial charge in [0.15, 0.2) is 0 Å². The Hall–Kier alpha value is -3.72. The number of ether oxygens (including phenoxy) is 2. The van der Waals surface area contributed by atoms with Gasteiger partial charge in [0.2, 0.25) is 0 Å². The van der Waals surface area contributed by atoms with Gasteiger partial charge in [0.05, 0.1) is 41.6 Å². The van der Waals surface area contributed by atoms with Gasteiger partial charge in [-0.2, -0.15) is 39.5 Å². The summed E-state index contributed by atoms with van der Waals surface area (Å²) in [4.78, 5) is 27.9. The highest BCUT2D eigenvalue weighted by Gasteiger charge is 2.49. The molecule has 2 aromatic rings. The van der Waals surface area contributed by atoms with E-state index in [0.29, 0.717) is 42.0 Å². The van der Waals surface area contributed by atoms with Crippen LogP contribution in [0, 0.1) is 11.7 Å². The summed E-state index contributed by atoms with van der Waals surface area (Å²) < 4.78 is 148. The molecule has 0 bridgehead atoms. The van der Waals surface area contributed by atoms with Crippen molar-refractivity contribution >= 4 is 17.9 Å². The Morgan fingerprint density at radius 2 is 1.48 bits per heavy atom. The number of hydrogen-bond acceptors (Lipinski definition) is 4. The Balaban J connectivity index is 1.92. The first-order valence-corrected chi connectivity index (χ1v) is 13.3. The molecule has 2 atom stereocenters. The van der Waals surface area contributed by atoms with Crippen molar-refractivity contribution in [1.29, 1.82) is 0 Å². The average Bonchev–Trinajstić information content (AvgIpc) is 3.73. The third kappa shape index (κ3) is 6.98. The van der Waals surface area contributed by atoms with Gasteiger partial charge in [0.25, 0.3) is 0 Å². The number of alkyl halides is 9. The third-order valence-corrected chi connectivity index (χ3v) is 7.32. The van der Waals surface area contributed by atoms with Crippen LogP contribution in [0.15, 0.2) is 30.3 Å². The Morgan fingerprint density at radius 1 is 0.909 bits per heavy atom. The number of fused-ring (bicyclic) bond motifs is 1. The number of halogens is 10. The molecule has 44 heavy (non-hydrogen) atoms. The van der Waals surface area contributed by atoms with Crippen LogP contribution in [0.4, 0.5) is 59.2 Å². The molecule has 4 rings (SSSR count). The minimum Gasteiger partial charge on any atom is -0.453 e. The van der Waals surface area contributed by atoms with Crippen LogP contribution in [-0.2, 0) is 34.5 Å². The molecular formula is C28H26F10N2O4. The van der Waals surface area contributed by atoms with Crippen molar-refractivity contribution < 1.29 is 63.0 Å². The molecule has 1 saturated carbocycles. The van der Waals surface area contributed by atoms with E-state index < -0.39 is 89.1 Å². The van der Waals surface area contributed by atoms with Crippen molar-refractivity contribution in [2.45, 2.75) is 76.4 Å². The van der Waals surface area contributed by atoms with Crippen LogP contribution in [0.3, 0.4) is 0 Å². The molecule has 2 amide bonds. The number of carbonyl (C=O) groups excluding carboxylic acids is 2. The van der Waals surface area contributed by atoms with E-state index in [-0.39, 0.29) is 24.1 Å². The lowest BCUT2D eigenvalue weighted by Crippen LogP contribution is -2.50. The third-order valence-electron chi connectivity index (χ3n) is 7.32. The summed E-state index contributed by atoms with van der Waals surface area (Å²) in [6.45, 7) is 2.05. The number of anilines is 1. The number of nitrogens with zero attached hydrogens (tertiary/aromatic N) is 2. The largest absolute Gasteiger partial charge is 0.453 e. The van der Waals surface area contributed by atoms with Crippen molar-refractivity contribution in [3.8, 4) is 0 Å². The SMILES string of the molecule is COC(=O)N(Cc1cc(C(F)(F)F)cc(C(F)(F)F)c1)[C@H]1C[C@@H](C2CC2)N(C(=O)OC(C)C)c2cc(F)c(C(F)(F)F)cc21. The zero-order valence-corrected chi connectivity index (χ0v) is 23.3. The van der Waals surface area contributed by atoms with Crippen LogP contribution in [0.25, 0.3) is 0 Å². The highest BCUT2D eigenvalue weighted by molar-refractivity contribution is 5.91. The molecule has 2 aromatic carbocycles. The van der Waals surface area contributed by atoms with Gasteiger partial charge < -0.3 is 9.47 Å². The Bertz CT molecular complexity index is 1380. The normalized spacial score (nSPS) is 19.1. The van der Waals surface area contributed by atoms with Crippen LogP contribution in [0.2, 0.25) is 0 Å². The first-order chi connectivity index (χ1) is 20.2. The van der Waals surface area contributed by atoms with Crippen molar-refractivity contribution in [1.82, 2.24) is 4.90 Å². The van der Waals surface area contributed by atoms with Crippen LogP contribution in [-0.4, -0.2) is 36.3 Å². The number of carbonyl (C=O) groups is 2. The second-order valence-corrected chi connectivity index (χ2v) is 10.9. The summed E-state index contributed by atoms with van der Waals surface area (Å²) in [6, 6.07) is -0.871. The monoisotopic (exact) mass is 644 g/mol. The van der Waals surface area contributed by atoms with Gasteiger partial charge in [-0.3, -0.25) is 9.80 Å². The summed E-state index contributed by atoms with van der Waals surface area (Å²) in [5, 5.41) is 0. The van der Waals surface area contributed by atoms with Gasteiger partial charge in [-0.15, -0.1) is 0 Å². The second kappa shape index (κ2) is 11.7. The highest BCUT2D eigenvalue weighted by Crippen LogP contribution is 2.50. The Labute approximate surface area is 244 Å². The van der Waals surface area contributed by atoms with E-state index in [1.165, 1.54) is 13.8 Å². The summed E-state index contributed by atoms with van der Waals surface area (Å²) in [5.41, 5.74) is -6.56. The van der Waals surface area contributed by atoms with Crippen LogP contribution < -0.4 is 4.90 Å². The fraction of sp³-hybridized carbons (Fsp3) is 0.500. The van der Waals surface area contributed by atoms with Gasteiger partial charge in [-0.05, 0) is 80.5 Å². The average molecular weight is 645 g/mol. The quantitative estimate of drug-likeness (QED) is 0.306. The van der Waals surface area contributed by atoms with Crippen molar-refractivity contribution in [3.63, 3.8) is 0 Å². The molecule has 1 aliphatic carbocycles. The molecule has 1 fully saturated rings. The minimum absolute atomic E-state index is 0.110. The lowest BCUT2D eigenvalue weighted by atomic mass is 9.86. The second-order valence-electron chi connectivity index (χ2n) is 10.9. The molecular weight excluding hydrogens is 618 g/mol. The molecule has 0 radical (unpaired) electrons. The molecule has 0 spiro atoms. The van der Waals surface area contributed by atoms with E-state index in [2.05, 4.69) is 0 Å². The van der Waals surface area contributed by atoms with Crippen molar-refractivity contribution in [3.05, 3.63) is 64.0 Å². The van der Waals surface area contributed by atoms with E-state index in [0.717, 1.165) is 12.0 Å². The zero-order valence-electron chi connectivity index (χ0n) is 23.3. The summed E-state index contributed by atoms with van der Waals surface area (Å²) >= 11 is 0. The first kappa shape index (κ1) is 33.2. The predicted octanol–water partition coefficient (Wildman–Crippen LogP) is 8.73. The fourth-order valence-electron chi connectivity index (χ4n) is 5.31. The lowest BCUT2D eigenvalue weighted by molar-refractivity contribution is -0.143. The summed E-state index contributed by atoms with van der Waals surface area (Å²) in [7, 11) is 0.864. The summed E-state index contributed by atoms with van der Waals surface area (Å²) in [5.74, 6) is -2.01. The van der Waals surface area contributed by atoms with E-state index in [4.69, 9.17) is 9.47 Å². The smallest absolute Gasteiger partial charge is 0.419 e. The molecule has 0 saturated heterocycles. The fourth-order valence-corrected chi connectivity index (χ4v) is 5.31. The maximum atomic E-state index is 14.9. The van der Waals surface area contributed by atoms with Crippen LogP contribution in [0.1, 0.15) is 67.0 Å². The van der Waals surface area contributed by atoms with Crippen molar-refractivity contribution in [2.24, 2.45) is 5.92 Å². The Morgan fingerprint density at radius 3 is 1.93 bits per heavy atom. The number of methoxy groups -OCH3 is 1. The maximum absolute atomic E-state index is 14.9. The first-order valence-electron chi connectivity index (χ1n) is 13.3. The maximum Gasteiger partial charge on any atom is 0.419 e. The van der Waals surface area contributed by atoms with Crippen LogP contribution >= 0.6 is 0 Å². The summed E-state index contributed by atoms with van der Waals surface area (Å²) in [6.07, 6.45) is -17.9. The topological polar surface area (TPSA) is 59.1 Å². The van der Waals surface area contributed by atoms with Gasteiger partial charge in [0.1, 0.15) is 5.82 Å². The molecule has 16 heteroatoms. The number of amides is 2. The lowest BCUT2D eigenvalue weighted by Gasteiger charge is -2.44. The minimum atomic E-state index is -5.24. The Kier molecular flexibility index (Phi) is 8.79. The van der Waals surface area contributed by atoms with E-state index >= 15 is 0 Å². The van der Waals surface area contributed by atoms with E-state index in [1.807, 2.05) is 0 Å². The van der Waals surface area contributed by atoms with Gasteiger partial charge in [-0.25, -0.2) is 14.0 Å². The van der Waals surface area contributed by atoms with Gasteiger partial charge >= 0.3 is 30.7 Å². The number of hydrogen-bond donors (Lipinski definition) is 0. The molecule has 0 N–H and O–H groups in total. The van der Waals surface area contributed by atoms with Crippen LogP contribution in [0.5, 0.6) is 0 Å². The molecule has 2 aliphatic rings. The van der Waals surface area contributed by atoms with Crippen molar-refractivity contribution in [2.75, 3.05) is 12.0 Å². The molecule has 0 unspecified atom stereocenters. The molecule has 0 aromatic heterocycles. The predicted molar refractivity (Wildman–Crippen MR) is 134 cm³/mol. The number of rotatable bonds is 5. The van der Waals surface area contributed by atoms with Gasteiger partial charge in [0, 0.05) is 12.6 Å². The van der Waals surface area contributed by atoms with E-state index in [1.54, 1.807) is 0 Å².